The summed E-state index contributed by atoms with van der Waals surface area (Å²) in [4.78, 5) is 31.4. The van der Waals surface area contributed by atoms with Gasteiger partial charge in [-0.1, -0.05) is 5.16 Å². The minimum absolute atomic E-state index is 0.100. The van der Waals surface area contributed by atoms with Crippen molar-refractivity contribution < 1.29 is 28.0 Å². The summed E-state index contributed by atoms with van der Waals surface area (Å²) in [6.45, 7) is 3.29. The summed E-state index contributed by atoms with van der Waals surface area (Å²) in [5.41, 5.74) is 0.960. The summed E-state index contributed by atoms with van der Waals surface area (Å²) >= 11 is 0. The van der Waals surface area contributed by atoms with Crippen LogP contribution in [-0.4, -0.2) is 54.9 Å². The first-order chi connectivity index (χ1) is 15.1. The van der Waals surface area contributed by atoms with E-state index in [9.17, 15) is 9.59 Å². The highest BCUT2D eigenvalue weighted by Gasteiger charge is 2.39. The zero-order chi connectivity index (χ0) is 21.5. The number of amides is 1. The van der Waals surface area contributed by atoms with Gasteiger partial charge in [0.25, 0.3) is 0 Å². The number of pyridine rings is 1. The van der Waals surface area contributed by atoms with E-state index in [1.54, 1.807) is 29.4 Å². The molecule has 10 heteroatoms. The third-order valence-corrected chi connectivity index (χ3v) is 5.57. The second kappa shape index (κ2) is 7.62. The molecule has 0 radical (unpaired) electrons. The van der Waals surface area contributed by atoms with Crippen LogP contribution in [0.1, 0.15) is 28.9 Å². The van der Waals surface area contributed by atoms with E-state index in [1.807, 2.05) is 6.92 Å². The van der Waals surface area contributed by atoms with Crippen molar-refractivity contribution in [3.8, 4) is 0 Å². The van der Waals surface area contributed by atoms with Gasteiger partial charge in [-0.15, -0.1) is 0 Å². The van der Waals surface area contributed by atoms with Crippen LogP contribution >= 0.6 is 0 Å². The summed E-state index contributed by atoms with van der Waals surface area (Å²) in [5, 5.41) is 4.20. The first-order valence-electron chi connectivity index (χ1n) is 9.88. The van der Waals surface area contributed by atoms with Crippen LogP contribution < -0.4 is 9.80 Å². The number of carbonyl (C=O) groups excluding carboxylic acids is 2. The van der Waals surface area contributed by atoms with Gasteiger partial charge in [0, 0.05) is 31.0 Å². The van der Waals surface area contributed by atoms with E-state index < -0.39 is 18.0 Å². The minimum atomic E-state index is -0.694. The first kappa shape index (κ1) is 19.4. The summed E-state index contributed by atoms with van der Waals surface area (Å²) in [5.74, 6) is -0.594. The number of nitrogens with zero attached hydrogens (tertiary/aromatic N) is 4. The third kappa shape index (κ3) is 3.19. The Balaban J connectivity index is 1.62. The average Bonchev–Trinajstić information content (AvgIpc) is 3.37. The topological polar surface area (TPSA) is 98.0 Å². The Bertz CT molecular complexity index is 1150. The van der Waals surface area contributed by atoms with Crippen molar-refractivity contribution in [1.29, 1.82) is 0 Å². The van der Waals surface area contributed by atoms with E-state index in [4.69, 9.17) is 14.0 Å². The van der Waals surface area contributed by atoms with E-state index >= 15 is 4.39 Å². The molecule has 0 bridgehead atoms. The molecule has 0 aliphatic carbocycles. The highest BCUT2D eigenvalue weighted by atomic mass is 19.1. The smallest absolute Gasteiger partial charge is 0.416 e. The van der Waals surface area contributed by atoms with Crippen molar-refractivity contribution in [2.75, 3.05) is 36.1 Å². The highest BCUT2D eigenvalue weighted by Crippen LogP contribution is 2.40. The number of anilines is 2. The average molecular weight is 426 g/mol. The molecule has 3 aromatic rings. The summed E-state index contributed by atoms with van der Waals surface area (Å²) < 4.78 is 31.6. The minimum Gasteiger partial charge on any atom is -0.447 e. The van der Waals surface area contributed by atoms with Crippen LogP contribution in [0, 0.1) is 5.82 Å². The van der Waals surface area contributed by atoms with Gasteiger partial charge < -0.3 is 18.9 Å². The number of hydrogen-bond acceptors (Lipinski definition) is 8. The van der Waals surface area contributed by atoms with E-state index in [2.05, 4.69) is 10.1 Å². The molecule has 9 nitrogen and oxygen atoms in total. The lowest BCUT2D eigenvalue weighted by atomic mass is 10.1. The molecule has 2 aliphatic heterocycles. The molecule has 160 valence electrons. The molecule has 2 aromatic heterocycles. The lowest BCUT2D eigenvalue weighted by Crippen LogP contribution is -2.42. The van der Waals surface area contributed by atoms with Crippen molar-refractivity contribution in [2.45, 2.75) is 19.1 Å². The van der Waals surface area contributed by atoms with Crippen LogP contribution in [0.2, 0.25) is 0 Å². The molecular weight excluding hydrogens is 407 g/mol. The Kier molecular flexibility index (Phi) is 4.78. The number of aldehydes is 1. The van der Waals surface area contributed by atoms with Crippen molar-refractivity contribution in [2.24, 2.45) is 0 Å². The molecule has 5 rings (SSSR count). The van der Waals surface area contributed by atoms with Crippen LogP contribution in [0.4, 0.5) is 20.7 Å². The maximum absolute atomic E-state index is 15.5. The third-order valence-electron chi connectivity index (χ3n) is 5.57. The Hall–Kier alpha value is -3.53. The van der Waals surface area contributed by atoms with Crippen molar-refractivity contribution in [1.82, 2.24) is 10.1 Å². The fourth-order valence-corrected chi connectivity index (χ4v) is 4.13. The Labute approximate surface area is 176 Å². The standard InChI is InChI=1S/C21H19FN4O5/c1-12-9-25(6-7-29-12)18-14(10-27)8-15-19(17(18)22)31-24-20(15)26-16(11-30-21(26)28)13-2-4-23-5-3-13/h2-5,8,10,12,16H,6-7,9,11H2,1H3. The molecule has 0 saturated carbocycles. The van der Waals surface area contributed by atoms with Gasteiger partial charge in [0.2, 0.25) is 5.58 Å². The lowest BCUT2D eigenvalue weighted by molar-refractivity contribution is 0.0529. The number of benzene rings is 1. The first-order valence-corrected chi connectivity index (χ1v) is 9.88. The molecule has 1 amide bonds. The zero-order valence-electron chi connectivity index (χ0n) is 16.7. The number of morpholine rings is 1. The molecular formula is C21H19FN4O5. The molecule has 0 N–H and O–H groups in total. The molecule has 2 unspecified atom stereocenters. The van der Waals surface area contributed by atoms with Crippen LogP contribution in [-0.2, 0) is 9.47 Å². The molecule has 2 aliphatic rings. The largest absolute Gasteiger partial charge is 0.447 e. The quantitative estimate of drug-likeness (QED) is 0.587. The van der Waals surface area contributed by atoms with Crippen LogP contribution in [0.5, 0.6) is 0 Å². The lowest BCUT2D eigenvalue weighted by Gasteiger charge is -2.33. The molecule has 2 saturated heterocycles. The molecule has 2 fully saturated rings. The van der Waals surface area contributed by atoms with Crippen LogP contribution in [0.25, 0.3) is 11.0 Å². The number of rotatable bonds is 4. The number of hydrogen-bond donors (Lipinski definition) is 0. The molecule has 31 heavy (non-hydrogen) atoms. The normalized spacial score (nSPS) is 21.5. The van der Waals surface area contributed by atoms with E-state index in [0.717, 1.165) is 5.56 Å². The maximum atomic E-state index is 15.5. The summed E-state index contributed by atoms with van der Waals surface area (Å²) in [6.07, 6.45) is 3.08. The van der Waals surface area contributed by atoms with Gasteiger partial charge >= 0.3 is 6.09 Å². The Morgan fingerprint density at radius 3 is 2.84 bits per heavy atom. The van der Waals surface area contributed by atoms with Gasteiger partial charge in [-0.2, -0.15) is 0 Å². The number of carbonyl (C=O) groups is 2. The van der Waals surface area contributed by atoms with Crippen molar-refractivity contribution >= 4 is 34.9 Å². The van der Waals surface area contributed by atoms with Gasteiger partial charge in [0.15, 0.2) is 17.9 Å². The maximum Gasteiger partial charge on any atom is 0.416 e. The monoisotopic (exact) mass is 426 g/mol. The predicted octanol–water partition coefficient (Wildman–Crippen LogP) is 3.10. The van der Waals surface area contributed by atoms with E-state index in [1.165, 1.54) is 11.0 Å². The van der Waals surface area contributed by atoms with E-state index in [0.29, 0.717) is 26.0 Å². The van der Waals surface area contributed by atoms with Gasteiger partial charge in [0.05, 0.1) is 23.8 Å². The summed E-state index contributed by atoms with van der Waals surface area (Å²) in [6, 6.07) is 4.54. The van der Waals surface area contributed by atoms with Crippen LogP contribution in [0.3, 0.4) is 0 Å². The van der Waals surface area contributed by atoms with Crippen LogP contribution in [0.15, 0.2) is 35.1 Å². The molecule has 0 spiro atoms. The van der Waals surface area contributed by atoms with E-state index in [-0.39, 0.29) is 40.7 Å². The molecule has 2 atom stereocenters. The SMILES string of the molecule is CC1CN(c2c(C=O)cc3c(N4C(=O)OCC4c4ccncc4)noc3c2F)CCO1. The number of fused-ring (bicyclic) bond motifs is 1. The molecule has 1 aromatic carbocycles. The van der Waals surface area contributed by atoms with Gasteiger partial charge in [-0.3, -0.25) is 9.78 Å². The number of cyclic esters (lactones) is 1. The van der Waals surface area contributed by atoms with Gasteiger partial charge in [-0.25, -0.2) is 14.1 Å². The number of ether oxygens (including phenoxy) is 2. The second-order valence-corrected chi connectivity index (χ2v) is 7.50. The Morgan fingerprint density at radius 1 is 1.29 bits per heavy atom. The number of aromatic nitrogens is 2. The van der Waals surface area contributed by atoms with Gasteiger partial charge in [0.1, 0.15) is 12.6 Å². The fraction of sp³-hybridized carbons (Fsp3) is 0.333. The second-order valence-electron chi connectivity index (χ2n) is 7.50. The zero-order valence-corrected chi connectivity index (χ0v) is 16.7. The highest BCUT2D eigenvalue weighted by molar-refractivity contribution is 6.03. The number of halogens is 1. The van der Waals surface area contributed by atoms with Gasteiger partial charge in [-0.05, 0) is 30.7 Å². The fourth-order valence-electron chi connectivity index (χ4n) is 4.13. The molecule has 4 heterocycles. The van der Waals surface area contributed by atoms with Crippen molar-refractivity contribution in [3.05, 3.63) is 47.5 Å². The predicted molar refractivity (Wildman–Crippen MR) is 108 cm³/mol. The summed E-state index contributed by atoms with van der Waals surface area (Å²) in [7, 11) is 0. The van der Waals surface area contributed by atoms with Crippen molar-refractivity contribution in [3.63, 3.8) is 0 Å². The Morgan fingerprint density at radius 2 is 2.10 bits per heavy atom.